The number of hydrogen-bond acceptors (Lipinski definition) is 8. The van der Waals surface area contributed by atoms with Crippen LogP contribution in [0.2, 0.25) is 0 Å². The van der Waals surface area contributed by atoms with Crippen molar-refractivity contribution in [1.29, 1.82) is 0 Å². The lowest BCUT2D eigenvalue weighted by Gasteiger charge is -2.24. The first-order valence-corrected chi connectivity index (χ1v) is 13.7. The lowest BCUT2D eigenvalue weighted by Crippen LogP contribution is -2.32. The van der Waals surface area contributed by atoms with Crippen LogP contribution >= 0.6 is 11.3 Å². The highest BCUT2D eigenvalue weighted by Crippen LogP contribution is 2.32. The summed E-state index contributed by atoms with van der Waals surface area (Å²) in [6, 6.07) is 13.0. The molecule has 1 N–H and O–H groups in total. The number of thiazole rings is 1. The second-order valence-corrected chi connectivity index (χ2v) is 11.0. The molecule has 0 unspecified atom stereocenters. The number of carbonyl (C=O) groups is 2. The maximum atomic E-state index is 13.5. The van der Waals surface area contributed by atoms with Crippen LogP contribution in [0.1, 0.15) is 61.5 Å². The van der Waals surface area contributed by atoms with E-state index in [9.17, 15) is 9.59 Å². The third-order valence-corrected chi connectivity index (χ3v) is 7.02. The van der Waals surface area contributed by atoms with Gasteiger partial charge in [0.05, 0.1) is 25.1 Å². The Hall–Kier alpha value is -3.92. The first kappa shape index (κ1) is 28.1. The molecule has 206 valence electrons. The summed E-state index contributed by atoms with van der Waals surface area (Å²) in [7, 11) is 1.61. The number of hydrazone groups is 1. The molecule has 10 heteroatoms. The van der Waals surface area contributed by atoms with Crippen molar-refractivity contribution >= 4 is 34.7 Å². The topological polar surface area (TPSA) is 102 Å². The first-order valence-electron chi connectivity index (χ1n) is 12.9. The Kier molecular flexibility index (Phi) is 8.54. The average Bonchev–Trinajstić information content (AvgIpc) is 3.29. The minimum Gasteiger partial charge on any atom is -0.493 e. The van der Waals surface area contributed by atoms with Gasteiger partial charge in [-0.25, -0.2) is 14.8 Å². The van der Waals surface area contributed by atoms with E-state index >= 15 is 0 Å². The van der Waals surface area contributed by atoms with E-state index in [1.807, 2.05) is 65.0 Å². The molecule has 9 nitrogen and oxygen atoms in total. The zero-order chi connectivity index (χ0) is 28.2. The Bertz CT molecular complexity index is 1380. The van der Waals surface area contributed by atoms with Gasteiger partial charge >= 0.3 is 6.09 Å². The van der Waals surface area contributed by atoms with Gasteiger partial charge in [-0.2, -0.15) is 5.10 Å². The van der Waals surface area contributed by atoms with E-state index in [-0.39, 0.29) is 5.91 Å². The maximum absolute atomic E-state index is 13.5. The Labute approximate surface area is 232 Å². The predicted octanol–water partition coefficient (Wildman–Crippen LogP) is 6.51. The van der Waals surface area contributed by atoms with Crippen molar-refractivity contribution in [3.63, 3.8) is 0 Å². The Morgan fingerprint density at radius 1 is 1.08 bits per heavy atom. The van der Waals surface area contributed by atoms with E-state index < -0.39 is 11.7 Å². The molecule has 0 atom stereocenters. The molecule has 39 heavy (non-hydrogen) atoms. The highest BCUT2D eigenvalue weighted by molar-refractivity contribution is 7.17. The molecule has 2 amide bonds. The van der Waals surface area contributed by atoms with Crippen molar-refractivity contribution in [3.8, 4) is 22.1 Å². The second-order valence-electron chi connectivity index (χ2n) is 10.0. The molecule has 2 aromatic carbocycles. The Morgan fingerprint density at radius 3 is 2.46 bits per heavy atom. The summed E-state index contributed by atoms with van der Waals surface area (Å²) in [4.78, 5) is 30.7. The van der Waals surface area contributed by atoms with Gasteiger partial charge < -0.3 is 14.2 Å². The summed E-state index contributed by atoms with van der Waals surface area (Å²) in [5.74, 6) is 1.14. The highest BCUT2D eigenvalue weighted by Gasteiger charge is 2.25. The summed E-state index contributed by atoms with van der Waals surface area (Å²) in [6.45, 7) is 10.2. The molecule has 0 saturated heterocycles. The number of nitrogens with one attached hydrogen (secondary N) is 1. The van der Waals surface area contributed by atoms with Crippen LogP contribution in [0.5, 0.6) is 11.5 Å². The van der Waals surface area contributed by atoms with Crippen molar-refractivity contribution in [1.82, 2.24) is 9.99 Å². The minimum atomic E-state index is -0.578. The van der Waals surface area contributed by atoms with Crippen LogP contribution in [0.15, 0.2) is 47.6 Å². The molecular formula is C29H34N4O5S. The first-order chi connectivity index (χ1) is 18.6. The van der Waals surface area contributed by atoms with E-state index in [2.05, 4.69) is 10.3 Å². The fourth-order valence-corrected chi connectivity index (χ4v) is 5.08. The standard InChI is InChI=1S/C29H34N4O5S/c1-7-37-24-17-20(12-15-23(24)36-6)22-9-8-16-33(32-22)27(34)25-18(2)30-26(39-25)19-10-13-21(14-11-19)31-28(35)38-29(3,4)5/h10-15,17H,7-9,16H2,1-6H3,(H,31,35). The van der Waals surface area contributed by atoms with Gasteiger partial charge in [-0.3, -0.25) is 10.1 Å². The number of rotatable bonds is 7. The Balaban J connectivity index is 1.51. The SMILES string of the molecule is CCOc1cc(C2=NN(C(=O)c3sc(-c4ccc(NC(=O)OC(C)(C)C)cc4)nc3C)CCC2)ccc1OC. The van der Waals surface area contributed by atoms with Crippen molar-refractivity contribution in [2.24, 2.45) is 5.10 Å². The summed E-state index contributed by atoms with van der Waals surface area (Å²) in [6.07, 6.45) is 1.05. The smallest absolute Gasteiger partial charge is 0.412 e. The van der Waals surface area contributed by atoms with Crippen LogP contribution in [-0.4, -0.2) is 53.6 Å². The van der Waals surface area contributed by atoms with E-state index in [4.69, 9.17) is 19.3 Å². The van der Waals surface area contributed by atoms with Crippen LogP contribution in [0.4, 0.5) is 10.5 Å². The molecule has 0 spiro atoms. The number of aryl methyl sites for hydroxylation is 1. The van der Waals surface area contributed by atoms with Gasteiger partial charge in [-0.1, -0.05) is 0 Å². The number of hydrogen-bond donors (Lipinski definition) is 1. The summed E-state index contributed by atoms with van der Waals surface area (Å²) < 4.78 is 16.4. The monoisotopic (exact) mass is 550 g/mol. The van der Waals surface area contributed by atoms with E-state index in [1.165, 1.54) is 16.3 Å². The number of nitrogens with zero attached hydrogens (tertiary/aromatic N) is 3. The van der Waals surface area contributed by atoms with E-state index in [0.717, 1.165) is 34.7 Å². The lowest BCUT2D eigenvalue weighted by atomic mass is 10.0. The third kappa shape index (κ3) is 6.94. The van der Waals surface area contributed by atoms with Gasteiger partial charge in [-0.05, 0) is 89.9 Å². The average molecular weight is 551 g/mol. The molecule has 0 radical (unpaired) electrons. The summed E-state index contributed by atoms with van der Waals surface area (Å²) in [5.41, 5.74) is 3.26. The number of carbonyl (C=O) groups excluding carboxylic acids is 2. The van der Waals surface area contributed by atoms with Gasteiger partial charge in [0.15, 0.2) is 11.5 Å². The van der Waals surface area contributed by atoms with Crippen LogP contribution < -0.4 is 14.8 Å². The van der Waals surface area contributed by atoms with Gasteiger partial charge in [0.1, 0.15) is 15.5 Å². The predicted molar refractivity (Wildman–Crippen MR) is 153 cm³/mol. The fraction of sp³-hybridized carbons (Fsp3) is 0.379. The highest BCUT2D eigenvalue weighted by atomic mass is 32.1. The van der Waals surface area contributed by atoms with E-state index in [1.54, 1.807) is 19.2 Å². The van der Waals surface area contributed by atoms with Crippen molar-refractivity contribution in [2.75, 3.05) is 25.6 Å². The number of amides is 2. The molecule has 3 aromatic rings. The largest absolute Gasteiger partial charge is 0.493 e. The molecule has 0 aliphatic carbocycles. The minimum absolute atomic E-state index is 0.171. The van der Waals surface area contributed by atoms with Crippen LogP contribution in [-0.2, 0) is 4.74 Å². The quantitative estimate of drug-likeness (QED) is 0.360. The van der Waals surface area contributed by atoms with Crippen LogP contribution in [0.3, 0.4) is 0 Å². The van der Waals surface area contributed by atoms with Gasteiger partial charge in [0, 0.05) is 23.4 Å². The zero-order valence-corrected chi connectivity index (χ0v) is 24.0. The molecule has 0 saturated carbocycles. The molecule has 1 aliphatic rings. The number of methoxy groups -OCH3 is 1. The Morgan fingerprint density at radius 2 is 1.79 bits per heavy atom. The maximum Gasteiger partial charge on any atom is 0.412 e. The normalized spacial score (nSPS) is 13.5. The number of benzene rings is 2. The van der Waals surface area contributed by atoms with E-state index in [0.29, 0.717) is 40.9 Å². The second kappa shape index (κ2) is 11.9. The van der Waals surface area contributed by atoms with Gasteiger partial charge in [0.2, 0.25) is 0 Å². The van der Waals surface area contributed by atoms with Crippen molar-refractivity contribution in [3.05, 3.63) is 58.6 Å². The number of ether oxygens (including phenoxy) is 3. The number of aromatic nitrogens is 1. The fourth-order valence-electron chi connectivity index (χ4n) is 4.07. The van der Waals surface area contributed by atoms with Gasteiger partial charge in [0.25, 0.3) is 5.91 Å². The molecule has 2 heterocycles. The zero-order valence-electron chi connectivity index (χ0n) is 23.2. The van der Waals surface area contributed by atoms with Crippen molar-refractivity contribution in [2.45, 2.75) is 53.1 Å². The van der Waals surface area contributed by atoms with Crippen LogP contribution in [0.25, 0.3) is 10.6 Å². The molecule has 0 bridgehead atoms. The third-order valence-electron chi connectivity index (χ3n) is 5.82. The molecule has 0 fully saturated rings. The number of anilines is 1. The molecular weight excluding hydrogens is 516 g/mol. The molecule has 4 rings (SSSR count). The molecule has 1 aromatic heterocycles. The van der Waals surface area contributed by atoms with Gasteiger partial charge in [-0.15, -0.1) is 11.3 Å². The lowest BCUT2D eigenvalue weighted by molar-refractivity contribution is 0.0635. The summed E-state index contributed by atoms with van der Waals surface area (Å²) in [5, 5.41) is 9.67. The summed E-state index contributed by atoms with van der Waals surface area (Å²) >= 11 is 1.33. The van der Waals surface area contributed by atoms with Crippen molar-refractivity contribution < 1.29 is 23.8 Å². The molecule has 1 aliphatic heterocycles. The van der Waals surface area contributed by atoms with Crippen LogP contribution in [0, 0.1) is 6.92 Å².